The van der Waals surface area contributed by atoms with Gasteiger partial charge < -0.3 is 10.4 Å². The van der Waals surface area contributed by atoms with Gasteiger partial charge in [0.05, 0.1) is 0 Å². The number of rotatable bonds is 2. The van der Waals surface area contributed by atoms with Crippen LogP contribution in [-0.2, 0) is 6.42 Å². The maximum Gasteiger partial charge on any atom is 0.117 e. The first kappa shape index (κ1) is 8.85. The van der Waals surface area contributed by atoms with Crippen LogP contribution >= 0.6 is 11.6 Å². The Morgan fingerprint density at radius 2 is 2.23 bits per heavy atom. The molecular weight excluding hydrogens is 186 g/mol. The van der Waals surface area contributed by atoms with Crippen LogP contribution in [0.4, 0.5) is 0 Å². The number of hydrogen-bond acceptors (Lipinski definition) is 2. The van der Waals surface area contributed by atoms with Gasteiger partial charge in [-0.25, -0.2) is 0 Å². The molecule has 13 heavy (non-hydrogen) atoms. The quantitative estimate of drug-likeness (QED) is 0.760. The second kappa shape index (κ2) is 3.56. The lowest BCUT2D eigenvalue weighted by molar-refractivity contribution is 0.369. The smallest absolute Gasteiger partial charge is 0.117 e. The van der Waals surface area contributed by atoms with Gasteiger partial charge in [-0.1, -0.05) is 11.6 Å². The van der Waals surface area contributed by atoms with Crippen LogP contribution in [0.1, 0.15) is 12.0 Å². The number of aromatic hydroxyl groups is 1. The van der Waals surface area contributed by atoms with E-state index in [4.69, 9.17) is 11.6 Å². The van der Waals surface area contributed by atoms with Crippen LogP contribution in [-0.4, -0.2) is 17.7 Å². The van der Waals surface area contributed by atoms with E-state index in [1.807, 2.05) is 6.07 Å². The van der Waals surface area contributed by atoms with Gasteiger partial charge in [-0.3, -0.25) is 0 Å². The molecule has 2 nitrogen and oxygen atoms in total. The van der Waals surface area contributed by atoms with Crippen molar-refractivity contribution < 1.29 is 5.11 Å². The molecule has 1 atom stereocenters. The molecule has 70 valence electrons. The number of phenolic OH excluding ortho intramolecular Hbond substituents is 1. The van der Waals surface area contributed by atoms with Gasteiger partial charge in [-0.05, 0) is 43.1 Å². The van der Waals surface area contributed by atoms with E-state index in [0.29, 0.717) is 11.1 Å². The molecule has 0 saturated carbocycles. The number of halogens is 1. The Labute approximate surface area is 82.5 Å². The molecule has 0 aliphatic carbocycles. The van der Waals surface area contributed by atoms with E-state index >= 15 is 0 Å². The summed E-state index contributed by atoms with van der Waals surface area (Å²) >= 11 is 5.81. The van der Waals surface area contributed by atoms with E-state index in [2.05, 4.69) is 5.32 Å². The van der Waals surface area contributed by atoms with Crippen molar-refractivity contribution in [3.05, 3.63) is 28.8 Å². The molecule has 1 aromatic carbocycles. The Balaban J connectivity index is 2.10. The summed E-state index contributed by atoms with van der Waals surface area (Å²) in [6.45, 7) is 1.11. The van der Waals surface area contributed by atoms with Crippen molar-refractivity contribution in [2.75, 3.05) is 6.54 Å². The molecule has 0 amide bonds. The van der Waals surface area contributed by atoms with Gasteiger partial charge in [0.15, 0.2) is 0 Å². The Kier molecular flexibility index (Phi) is 2.42. The molecule has 1 saturated heterocycles. The topological polar surface area (TPSA) is 32.3 Å². The molecule has 1 unspecified atom stereocenters. The molecule has 0 radical (unpaired) electrons. The normalized spacial score (nSPS) is 21.2. The first-order valence-corrected chi connectivity index (χ1v) is 4.83. The maximum absolute atomic E-state index is 9.29. The van der Waals surface area contributed by atoms with E-state index in [0.717, 1.165) is 18.5 Å². The zero-order valence-corrected chi connectivity index (χ0v) is 8.01. The number of hydrogen-bond donors (Lipinski definition) is 2. The first-order chi connectivity index (χ1) is 6.24. The minimum absolute atomic E-state index is 0.252. The van der Waals surface area contributed by atoms with E-state index < -0.39 is 0 Å². The number of benzene rings is 1. The molecule has 1 aliphatic rings. The summed E-state index contributed by atoms with van der Waals surface area (Å²) in [6, 6.07) is 5.80. The van der Waals surface area contributed by atoms with Gasteiger partial charge >= 0.3 is 0 Å². The average molecular weight is 198 g/mol. The zero-order valence-electron chi connectivity index (χ0n) is 7.26. The predicted octanol–water partition coefficient (Wildman–Crippen LogP) is 1.95. The van der Waals surface area contributed by atoms with Crippen LogP contribution in [0.2, 0.25) is 5.02 Å². The molecule has 1 aliphatic heterocycles. The highest BCUT2D eigenvalue weighted by atomic mass is 35.5. The van der Waals surface area contributed by atoms with E-state index in [-0.39, 0.29) is 5.75 Å². The molecule has 2 N–H and O–H groups in total. The largest absolute Gasteiger partial charge is 0.508 e. The predicted molar refractivity (Wildman–Crippen MR) is 53.2 cm³/mol. The van der Waals surface area contributed by atoms with Crippen LogP contribution in [0.3, 0.4) is 0 Å². The van der Waals surface area contributed by atoms with Crippen LogP contribution in [0.5, 0.6) is 5.75 Å². The monoisotopic (exact) mass is 197 g/mol. The summed E-state index contributed by atoms with van der Waals surface area (Å²) in [4.78, 5) is 0. The van der Waals surface area contributed by atoms with Crippen LogP contribution in [0, 0.1) is 0 Å². The summed E-state index contributed by atoms with van der Waals surface area (Å²) in [6.07, 6.45) is 2.17. The van der Waals surface area contributed by atoms with Crippen molar-refractivity contribution in [1.82, 2.24) is 5.32 Å². The third-order valence-electron chi connectivity index (χ3n) is 2.35. The molecule has 0 aromatic heterocycles. The number of phenols is 1. The fraction of sp³-hybridized carbons (Fsp3) is 0.400. The maximum atomic E-state index is 9.29. The van der Waals surface area contributed by atoms with E-state index in [1.165, 1.54) is 6.42 Å². The molecule has 2 rings (SSSR count). The van der Waals surface area contributed by atoms with E-state index in [9.17, 15) is 5.11 Å². The Hall–Kier alpha value is -0.730. The SMILES string of the molecule is Oc1cc(Cl)cc(CC2CCN2)c1. The Bertz CT molecular complexity index is 290. The summed E-state index contributed by atoms with van der Waals surface area (Å²) in [5, 5.41) is 13.2. The fourth-order valence-electron chi connectivity index (χ4n) is 1.56. The van der Waals surface area contributed by atoms with Gasteiger partial charge in [0, 0.05) is 11.1 Å². The zero-order chi connectivity index (χ0) is 9.26. The van der Waals surface area contributed by atoms with Crippen molar-refractivity contribution in [3.63, 3.8) is 0 Å². The Morgan fingerprint density at radius 3 is 2.77 bits per heavy atom. The second-order valence-corrected chi connectivity index (χ2v) is 3.90. The Morgan fingerprint density at radius 1 is 1.46 bits per heavy atom. The molecular formula is C10H12ClNO. The lowest BCUT2D eigenvalue weighted by Crippen LogP contribution is -2.44. The third-order valence-corrected chi connectivity index (χ3v) is 2.57. The van der Waals surface area contributed by atoms with Gasteiger partial charge in [-0.2, -0.15) is 0 Å². The second-order valence-electron chi connectivity index (χ2n) is 3.46. The average Bonchev–Trinajstić information content (AvgIpc) is 1.95. The van der Waals surface area contributed by atoms with Crippen molar-refractivity contribution >= 4 is 11.6 Å². The van der Waals surface area contributed by atoms with Gasteiger partial charge in [-0.15, -0.1) is 0 Å². The molecule has 1 fully saturated rings. The highest BCUT2D eigenvalue weighted by Gasteiger charge is 2.16. The summed E-state index contributed by atoms with van der Waals surface area (Å²) in [5.41, 5.74) is 1.10. The molecule has 1 aromatic rings. The highest BCUT2D eigenvalue weighted by molar-refractivity contribution is 6.30. The molecule has 0 bridgehead atoms. The minimum atomic E-state index is 0.252. The summed E-state index contributed by atoms with van der Waals surface area (Å²) < 4.78 is 0. The third kappa shape index (κ3) is 2.14. The fourth-order valence-corrected chi connectivity index (χ4v) is 1.81. The molecule has 0 spiro atoms. The van der Waals surface area contributed by atoms with Gasteiger partial charge in [0.1, 0.15) is 5.75 Å². The molecule has 3 heteroatoms. The van der Waals surface area contributed by atoms with Crippen molar-refractivity contribution in [1.29, 1.82) is 0 Å². The van der Waals surface area contributed by atoms with Gasteiger partial charge in [0.2, 0.25) is 0 Å². The standard InChI is InChI=1S/C10H12ClNO/c11-8-3-7(5-10(13)6-8)4-9-1-2-12-9/h3,5-6,9,12-13H,1-2,4H2. The van der Waals surface area contributed by atoms with Crippen molar-refractivity contribution in [2.45, 2.75) is 18.9 Å². The van der Waals surface area contributed by atoms with Crippen LogP contribution in [0.25, 0.3) is 0 Å². The van der Waals surface area contributed by atoms with Crippen LogP contribution in [0.15, 0.2) is 18.2 Å². The summed E-state index contributed by atoms with van der Waals surface area (Å²) in [7, 11) is 0. The lowest BCUT2D eigenvalue weighted by Gasteiger charge is -2.27. The highest BCUT2D eigenvalue weighted by Crippen LogP contribution is 2.21. The van der Waals surface area contributed by atoms with Crippen molar-refractivity contribution in [3.8, 4) is 5.75 Å². The van der Waals surface area contributed by atoms with Crippen LogP contribution < -0.4 is 5.32 Å². The lowest BCUT2D eigenvalue weighted by atomic mass is 9.98. The van der Waals surface area contributed by atoms with E-state index in [1.54, 1.807) is 12.1 Å². The minimum Gasteiger partial charge on any atom is -0.508 e. The summed E-state index contributed by atoms with van der Waals surface area (Å²) in [5.74, 6) is 0.252. The van der Waals surface area contributed by atoms with Crippen molar-refractivity contribution in [2.24, 2.45) is 0 Å². The molecule has 1 heterocycles. The number of nitrogens with one attached hydrogen (secondary N) is 1. The van der Waals surface area contributed by atoms with Gasteiger partial charge in [0.25, 0.3) is 0 Å². The first-order valence-electron chi connectivity index (χ1n) is 4.46.